The van der Waals surface area contributed by atoms with Gasteiger partial charge in [0.1, 0.15) is 12.4 Å². The molecule has 1 atom stereocenters. The zero-order chi connectivity index (χ0) is 26.8. The molecule has 0 heterocycles. The molecule has 0 saturated heterocycles. The third kappa shape index (κ3) is 8.96. The highest BCUT2D eigenvalue weighted by molar-refractivity contribution is 5.89. The van der Waals surface area contributed by atoms with Crippen molar-refractivity contribution in [3.05, 3.63) is 59.7 Å². The molecule has 0 bridgehead atoms. The molecule has 3 rings (SSSR count). The highest BCUT2D eigenvalue weighted by Crippen LogP contribution is 2.31. The third-order valence-electron chi connectivity index (χ3n) is 6.30. The Morgan fingerprint density at radius 1 is 1.14 bits per heavy atom. The second-order valence-electron chi connectivity index (χ2n) is 9.08. The Balaban J connectivity index is 1.58. The number of carboxylic acids is 1. The van der Waals surface area contributed by atoms with E-state index in [0.717, 1.165) is 43.4 Å². The van der Waals surface area contributed by atoms with E-state index < -0.39 is 29.8 Å². The quantitative estimate of drug-likeness (QED) is 0.366. The number of aliphatic carboxylic acids is 1. The number of hydrogen-bond donors (Lipinski definition) is 2. The highest BCUT2D eigenvalue weighted by atomic mass is 19.4. The van der Waals surface area contributed by atoms with E-state index in [4.69, 9.17) is 9.47 Å². The van der Waals surface area contributed by atoms with Gasteiger partial charge in [-0.1, -0.05) is 31.0 Å². The Hall–Kier alpha value is -3.27. The summed E-state index contributed by atoms with van der Waals surface area (Å²) in [4.78, 5) is 25.8. The van der Waals surface area contributed by atoms with Crippen molar-refractivity contribution >= 4 is 17.7 Å². The van der Waals surface area contributed by atoms with Gasteiger partial charge >= 0.3 is 18.2 Å². The number of anilines is 1. The molecule has 1 fully saturated rings. The van der Waals surface area contributed by atoms with Crippen molar-refractivity contribution in [2.45, 2.75) is 51.3 Å². The van der Waals surface area contributed by atoms with Gasteiger partial charge in [-0.15, -0.1) is 0 Å². The number of halogens is 3. The van der Waals surface area contributed by atoms with Gasteiger partial charge in [-0.3, -0.25) is 0 Å². The molecule has 2 aromatic rings. The third-order valence-corrected chi connectivity index (χ3v) is 6.30. The monoisotopic (exact) mass is 522 g/mol. The average Bonchev–Trinajstić information content (AvgIpc) is 3.37. The maximum Gasteiger partial charge on any atom is 0.416 e. The van der Waals surface area contributed by atoms with Crippen LogP contribution in [0.2, 0.25) is 0 Å². The van der Waals surface area contributed by atoms with Crippen LogP contribution in [0.3, 0.4) is 0 Å². The zero-order valence-corrected chi connectivity index (χ0v) is 20.8. The smallest absolute Gasteiger partial charge is 0.416 e. The molecule has 2 amide bonds. The predicted molar refractivity (Wildman–Crippen MR) is 133 cm³/mol. The first-order valence-electron chi connectivity index (χ1n) is 12.4. The summed E-state index contributed by atoms with van der Waals surface area (Å²) in [5.41, 5.74) is 0.0475. The number of carboxylic acid groups (broad SMARTS) is 1. The van der Waals surface area contributed by atoms with Crippen molar-refractivity contribution in [1.29, 1.82) is 0 Å². The van der Waals surface area contributed by atoms with Crippen LogP contribution in [0.15, 0.2) is 48.5 Å². The lowest BCUT2D eigenvalue weighted by atomic mass is 10.1. The minimum Gasteiger partial charge on any atom is -0.492 e. The molecule has 37 heavy (non-hydrogen) atoms. The summed E-state index contributed by atoms with van der Waals surface area (Å²) in [6.45, 7) is 2.99. The fourth-order valence-electron chi connectivity index (χ4n) is 4.38. The minimum absolute atomic E-state index is 0.0828. The van der Waals surface area contributed by atoms with E-state index in [0.29, 0.717) is 24.8 Å². The summed E-state index contributed by atoms with van der Waals surface area (Å²) in [5, 5.41) is 11.8. The van der Waals surface area contributed by atoms with Gasteiger partial charge in [0.25, 0.3) is 0 Å². The average molecular weight is 523 g/mol. The summed E-state index contributed by atoms with van der Waals surface area (Å²) >= 11 is 0. The van der Waals surface area contributed by atoms with Crippen molar-refractivity contribution in [2.24, 2.45) is 5.92 Å². The van der Waals surface area contributed by atoms with Gasteiger partial charge in [0.05, 0.1) is 12.1 Å². The van der Waals surface area contributed by atoms with Crippen molar-refractivity contribution in [3.8, 4) is 5.75 Å². The topological polar surface area (TPSA) is 88.1 Å². The summed E-state index contributed by atoms with van der Waals surface area (Å²) in [7, 11) is 0. The molecule has 0 spiro atoms. The van der Waals surface area contributed by atoms with E-state index in [1.54, 1.807) is 36.1 Å². The Morgan fingerprint density at radius 2 is 1.84 bits per heavy atom. The second-order valence-corrected chi connectivity index (χ2v) is 9.08. The molecule has 1 aliphatic rings. The number of carbonyl (C=O) groups is 2. The number of urea groups is 1. The fraction of sp³-hybridized carbons (Fsp3) is 0.481. The molecule has 10 heteroatoms. The number of rotatable bonds is 12. The number of ether oxygens (including phenoxy) is 2. The first-order valence-corrected chi connectivity index (χ1v) is 12.4. The van der Waals surface area contributed by atoms with Crippen LogP contribution >= 0.6 is 0 Å². The Labute approximate surface area is 214 Å². The van der Waals surface area contributed by atoms with E-state index >= 15 is 0 Å². The predicted octanol–water partition coefficient (Wildman–Crippen LogP) is 5.84. The normalized spacial score (nSPS) is 14.8. The largest absolute Gasteiger partial charge is 0.492 e. The number of amides is 2. The molecular formula is C27H33F3N2O5. The van der Waals surface area contributed by atoms with Crippen molar-refractivity contribution < 1.29 is 37.3 Å². The number of benzene rings is 2. The van der Waals surface area contributed by atoms with Crippen LogP contribution in [0.4, 0.5) is 23.7 Å². The molecule has 1 aliphatic carbocycles. The number of carbonyl (C=O) groups excluding carboxylic acids is 1. The van der Waals surface area contributed by atoms with Gasteiger partial charge in [-0.2, -0.15) is 13.2 Å². The SMILES string of the molecule is CCOC(Cc1ccc(OCCN(CC2CCCC2)C(=O)Nc2cccc(C(F)(F)F)c2)cc1)C(=O)O. The Bertz CT molecular complexity index is 1020. The van der Waals surface area contributed by atoms with E-state index in [1.807, 2.05) is 0 Å². The van der Waals surface area contributed by atoms with E-state index in [1.165, 1.54) is 12.1 Å². The summed E-state index contributed by atoms with van der Waals surface area (Å²) in [6, 6.07) is 11.1. The van der Waals surface area contributed by atoms with Crippen LogP contribution in [0, 0.1) is 5.92 Å². The summed E-state index contributed by atoms with van der Waals surface area (Å²) in [5.74, 6) is -0.113. The van der Waals surface area contributed by atoms with Crippen LogP contribution in [0.5, 0.6) is 5.75 Å². The van der Waals surface area contributed by atoms with E-state index in [-0.39, 0.29) is 25.3 Å². The van der Waals surface area contributed by atoms with Crippen LogP contribution in [-0.2, 0) is 22.1 Å². The Morgan fingerprint density at radius 3 is 2.46 bits per heavy atom. The van der Waals surface area contributed by atoms with Crippen molar-refractivity contribution in [2.75, 3.05) is 31.6 Å². The second kappa shape index (κ2) is 13.3. The van der Waals surface area contributed by atoms with Crippen LogP contribution in [0.1, 0.15) is 43.7 Å². The lowest BCUT2D eigenvalue weighted by Gasteiger charge is -2.26. The standard InChI is InChI=1S/C27H33F3N2O5/c1-2-36-24(25(33)34)16-19-10-12-23(13-11-19)37-15-14-32(18-20-6-3-4-7-20)26(35)31-22-9-5-8-21(17-22)27(28,29)30/h5,8-13,17,20,24H,2-4,6-7,14-16,18H2,1H3,(H,31,35)(H,33,34). The molecular weight excluding hydrogens is 489 g/mol. The lowest BCUT2D eigenvalue weighted by Crippen LogP contribution is -2.40. The highest BCUT2D eigenvalue weighted by Gasteiger charge is 2.31. The van der Waals surface area contributed by atoms with Gasteiger partial charge < -0.3 is 24.8 Å². The summed E-state index contributed by atoms with van der Waals surface area (Å²) < 4.78 is 50.2. The van der Waals surface area contributed by atoms with Crippen LogP contribution in [-0.4, -0.2) is 54.4 Å². The molecule has 2 N–H and O–H groups in total. The van der Waals surface area contributed by atoms with Crippen molar-refractivity contribution in [3.63, 3.8) is 0 Å². The molecule has 0 aliphatic heterocycles. The molecule has 1 saturated carbocycles. The lowest BCUT2D eigenvalue weighted by molar-refractivity contribution is -0.150. The number of nitrogens with one attached hydrogen (secondary N) is 1. The van der Waals surface area contributed by atoms with Gasteiger partial charge in [-0.25, -0.2) is 9.59 Å². The van der Waals surface area contributed by atoms with Crippen molar-refractivity contribution in [1.82, 2.24) is 4.90 Å². The molecule has 0 aromatic heterocycles. The number of nitrogens with zero attached hydrogens (tertiary/aromatic N) is 1. The van der Waals surface area contributed by atoms with Gasteiger partial charge in [-0.05, 0) is 61.6 Å². The first-order chi connectivity index (χ1) is 17.7. The fourth-order valence-corrected chi connectivity index (χ4v) is 4.38. The molecule has 202 valence electrons. The maximum absolute atomic E-state index is 13.0. The Kier molecular flexibility index (Phi) is 10.2. The molecule has 0 radical (unpaired) electrons. The minimum atomic E-state index is -4.49. The summed E-state index contributed by atoms with van der Waals surface area (Å²) in [6.07, 6.45) is -0.967. The van der Waals surface area contributed by atoms with Gasteiger partial charge in [0.15, 0.2) is 6.10 Å². The van der Waals surface area contributed by atoms with Crippen LogP contribution in [0.25, 0.3) is 0 Å². The molecule has 1 unspecified atom stereocenters. The number of hydrogen-bond acceptors (Lipinski definition) is 4. The van der Waals surface area contributed by atoms with E-state index in [9.17, 15) is 27.9 Å². The zero-order valence-electron chi connectivity index (χ0n) is 20.8. The van der Waals surface area contributed by atoms with E-state index in [2.05, 4.69) is 5.32 Å². The maximum atomic E-state index is 13.0. The van der Waals surface area contributed by atoms with Crippen LogP contribution < -0.4 is 10.1 Å². The molecule has 7 nitrogen and oxygen atoms in total. The first kappa shape index (κ1) is 28.3. The van der Waals surface area contributed by atoms with Gasteiger partial charge in [0.2, 0.25) is 0 Å². The number of alkyl halides is 3. The molecule has 2 aromatic carbocycles. The van der Waals surface area contributed by atoms with Gasteiger partial charge in [0, 0.05) is 25.3 Å².